The number of hydrogen-bond donors (Lipinski definition) is 2. The Bertz CT molecular complexity index is 736. The van der Waals surface area contributed by atoms with Crippen molar-refractivity contribution in [2.75, 3.05) is 11.1 Å². The van der Waals surface area contributed by atoms with Crippen LogP contribution in [-0.2, 0) is 4.74 Å². The van der Waals surface area contributed by atoms with Crippen LogP contribution < -0.4 is 11.1 Å². The Balaban J connectivity index is 1.72. The zero-order valence-electron chi connectivity index (χ0n) is 14.7. The third-order valence-electron chi connectivity index (χ3n) is 4.38. The van der Waals surface area contributed by atoms with Crippen LogP contribution in [0.1, 0.15) is 56.9 Å². The summed E-state index contributed by atoms with van der Waals surface area (Å²) in [5.74, 6) is 0.598. The lowest BCUT2D eigenvalue weighted by atomic mass is 9.90. The third kappa shape index (κ3) is 4.51. The predicted octanol–water partition coefficient (Wildman–Crippen LogP) is 5.40. The van der Waals surface area contributed by atoms with E-state index in [-0.39, 0.29) is 6.10 Å². The van der Waals surface area contributed by atoms with Crippen molar-refractivity contribution in [1.82, 2.24) is 4.98 Å². The summed E-state index contributed by atoms with van der Waals surface area (Å²) in [4.78, 5) is 17.4. The highest BCUT2D eigenvalue weighted by atomic mass is 32.1. The molecule has 0 atom stereocenters. The summed E-state index contributed by atoms with van der Waals surface area (Å²) in [7, 11) is 0. The Morgan fingerprint density at radius 3 is 2.76 bits per heavy atom. The van der Waals surface area contributed by atoms with Gasteiger partial charge in [0.1, 0.15) is 0 Å². The average molecular weight is 359 g/mol. The van der Waals surface area contributed by atoms with E-state index < -0.39 is 6.09 Å². The van der Waals surface area contributed by atoms with Gasteiger partial charge in [-0.2, -0.15) is 0 Å². The van der Waals surface area contributed by atoms with E-state index in [0.717, 1.165) is 10.4 Å². The quantitative estimate of drug-likeness (QED) is 0.717. The molecule has 0 saturated heterocycles. The van der Waals surface area contributed by atoms with Gasteiger partial charge in [-0.1, -0.05) is 19.3 Å². The van der Waals surface area contributed by atoms with Crippen LogP contribution in [0.25, 0.3) is 10.4 Å². The van der Waals surface area contributed by atoms with Gasteiger partial charge in [0, 0.05) is 29.1 Å². The number of nitrogen functional groups attached to an aromatic ring is 1. The molecule has 0 spiro atoms. The first kappa shape index (κ1) is 17.7. The molecule has 1 aromatic carbocycles. The molecule has 2 aromatic rings. The van der Waals surface area contributed by atoms with Crippen molar-refractivity contribution in [3.63, 3.8) is 0 Å². The molecule has 0 aliphatic heterocycles. The number of amides is 1. The van der Waals surface area contributed by atoms with Gasteiger partial charge < -0.3 is 10.5 Å². The number of aromatic nitrogens is 1. The number of rotatable bonds is 4. The summed E-state index contributed by atoms with van der Waals surface area (Å²) < 4.78 is 5.08. The van der Waals surface area contributed by atoms with Crippen LogP contribution in [0.2, 0.25) is 0 Å². The SMILES string of the molecule is CC(C)OC(=O)Nc1ccc(-c2cnc(C3CCCCC3)s2)c(N)c1. The fraction of sp³-hybridized carbons (Fsp3) is 0.474. The lowest BCUT2D eigenvalue weighted by molar-refractivity contribution is 0.130. The second-order valence-corrected chi connectivity index (χ2v) is 7.84. The number of nitrogens with one attached hydrogen (secondary N) is 1. The highest BCUT2D eigenvalue weighted by Gasteiger charge is 2.19. The number of nitrogens with zero attached hydrogens (tertiary/aromatic N) is 1. The van der Waals surface area contributed by atoms with Crippen molar-refractivity contribution in [2.45, 2.75) is 58.0 Å². The van der Waals surface area contributed by atoms with E-state index in [4.69, 9.17) is 10.5 Å². The molecule has 1 amide bonds. The van der Waals surface area contributed by atoms with Crippen LogP contribution in [0.3, 0.4) is 0 Å². The molecule has 6 heteroatoms. The molecule has 3 N–H and O–H groups in total. The molecule has 1 fully saturated rings. The lowest BCUT2D eigenvalue weighted by Gasteiger charge is -2.18. The molecule has 1 aromatic heterocycles. The Morgan fingerprint density at radius 2 is 2.08 bits per heavy atom. The van der Waals surface area contributed by atoms with Crippen LogP contribution in [0.15, 0.2) is 24.4 Å². The van der Waals surface area contributed by atoms with Crippen molar-refractivity contribution in [1.29, 1.82) is 0 Å². The largest absolute Gasteiger partial charge is 0.447 e. The summed E-state index contributed by atoms with van der Waals surface area (Å²) >= 11 is 1.73. The Labute approximate surface area is 152 Å². The molecule has 5 nitrogen and oxygen atoms in total. The Hall–Kier alpha value is -2.08. The third-order valence-corrected chi connectivity index (χ3v) is 5.58. The summed E-state index contributed by atoms with van der Waals surface area (Å²) in [5, 5.41) is 3.92. The van der Waals surface area contributed by atoms with Gasteiger partial charge in [-0.3, -0.25) is 5.32 Å². The monoisotopic (exact) mass is 359 g/mol. The minimum Gasteiger partial charge on any atom is -0.447 e. The maximum absolute atomic E-state index is 11.7. The number of carbonyl (C=O) groups excluding carboxylic acids is 1. The molecule has 0 bridgehead atoms. The van der Waals surface area contributed by atoms with Crippen molar-refractivity contribution in [3.05, 3.63) is 29.4 Å². The molecule has 0 unspecified atom stereocenters. The maximum atomic E-state index is 11.7. The highest BCUT2D eigenvalue weighted by Crippen LogP contribution is 2.39. The first-order chi connectivity index (χ1) is 12.0. The van der Waals surface area contributed by atoms with Gasteiger partial charge in [-0.05, 0) is 44.9 Å². The first-order valence-corrected chi connectivity index (χ1v) is 9.68. The fourth-order valence-corrected chi connectivity index (χ4v) is 4.31. The number of anilines is 2. The summed E-state index contributed by atoms with van der Waals surface area (Å²) in [6, 6.07) is 5.53. The van der Waals surface area contributed by atoms with E-state index in [9.17, 15) is 4.79 Å². The standard InChI is InChI=1S/C19H25N3O2S/c1-12(2)24-19(23)22-14-8-9-15(16(20)10-14)17-11-21-18(25-17)13-6-4-3-5-7-13/h8-13H,3-7,20H2,1-2H3,(H,22,23). The van der Waals surface area contributed by atoms with E-state index in [1.54, 1.807) is 17.4 Å². The van der Waals surface area contributed by atoms with Gasteiger partial charge in [0.15, 0.2) is 0 Å². The zero-order valence-corrected chi connectivity index (χ0v) is 15.6. The van der Waals surface area contributed by atoms with Crippen molar-refractivity contribution in [2.24, 2.45) is 0 Å². The van der Waals surface area contributed by atoms with Crippen LogP contribution >= 0.6 is 11.3 Å². The molecular formula is C19H25N3O2S. The number of hydrogen-bond acceptors (Lipinski definition) is 5. The topological polar surface area (TPSA) is 77.2 Å². The second kappa shape index (κ2) is 7.87. The Kier molecular flexibility index (Phi) is 5.58. The van der Waals surface area contributed by atoms with Crippen LogP contribution in [0, 0.1) is 0 Å². The van der Waals surface area contributed by atoms with E-state index in [2.05, 4.69) is 10.3 Å². The van der Waals surface area contributed by atoms with Gasteiger partial charge in [-0.25, -0.2) is 9.78 Å². The summed E-state index contributed by atoms with van der Waals surface area (Å²) in [6.07, 6.45) is 7.71. The van der Waals surface area contributed by atoms with E-state index in [1.165, 1.54) is 37.1 Å². The molecule has 3 rings (SSSR count). The van der Waals surface area contributed by atoms with Crippen LogP contribution in [-0.4, -0.2) is 17.2 Å². The predicted molar refractivity (Wildman–Crippen MR) is 103 cm³/mol. The molecule has 1 saturated carbocycles. The van der Waals surface area contributed by atoms with Crippen molar-refractivity contribution >= 4 is 28.8 Å². The molecule has 0 radical (unpaired) electrons. The molecule has 1 aliphatic rings. The maximum Gasteiger partial charge on any atom is 0.411 e. The molecular weight excluding hydrogens is 334 g/mol. The second-order valence-electron chi connectivity index (χ2n) is 6.78. The minimum absolute atomic E-state index is 0.160. The molecule has 25 heavy (non-hydrogen) atoms. The molecule has 134 valence electrons. The smallest absolute Gasteiger partial charge is 0.411 e. The number of thiazole rings is 1. The number of nitrogens with two attached hydrogens (primary N) is 1. The Morgan fingerprint density at radius 1 is 1.32 bits per heavy atom. The van der Waals surface area contributed by atoms with Crippen LogP contribution in [0.4, 0.5) is 16.2 Å². The van der Waals surface area contributed by atoms with Gasteiger partial charge in [0.05, 0.1) is 16.0 Å². The highest BCUT2D eigenvalue weighted by molar-refractivity contribution is 7.15. The zero-order chi connectivity index (χ0) is 17.8. The van der Waals surface area contributed by atoms with E-state index >= 15 is 0 Å². The van der Waals surface area contributed by atoms with Gasteiger partial charge in [0.25, 0.3) is 0 Å². The average Bonchev–Trinajstić information content (AvgIpc) is 3.04. The minimum atomic E-state index is -0.473. The normalized spacial score (nSPS) is 15.3. The van der Waals surface area contributed by atoms with E-state index in [0.29, 0.717) is 17.3 Å². The van der Waals surface area contributed by atoms with E-state index in [1.807, 2.05) is 32.2 Å². The lowest BCUT2D eigenvalue weighted by Crippen LogP contribution is -2.18. The van der Waals surface area contributed by atoms with Gasteiger partial charge >= 0.3 is 6.09 Å². The summed E-state index contributed by atoms with van der Waals surface area (Å²) in [5.41, 5.74) is 8.42. The molecule has 1 aliphatic carbocycles. The fourth-order valence-electron chi connectivity index (χ4n) is 3.18. The summed E-state index contributed by atoms with van der Waals surface area (Å²) in [6.45, 7) is 3.62. The number of carbonyl (C=O) groups is 1. The van der Waals surface area contributed by atoms with Gasteiger partial charge in [-0.15, -0.1) is 11.3 Å². The number of ether oxygens (including phenoxy) is 1. The molecule has 1 heterocycles. The number of benzene rings is 1. The van der Waals surface area contributed by atoms with Crippen molar-refractivity contribution < 1.29 is 9.53 Å². The van der Waals surface area contributed by atoms with Crippen molar-refractivity contribution in [3.8, 4) is 10.4 Å². The first-order valence-electron chi connectivity index (χ1n) is 8.86. The van der Waals surface area contributed by atoms with Gasteiger partial charge in [0.2, 0.25) is 0 Å². The van der Waals surface area contributed by atoms with Crippen LogP contribution in [0.5, 0.6) is 0 Å².